The Labute approximate surface area is 217 Å². The zero-order valence-electron chi connectivity index (χ0n) is 20.0. The summed E-state index contributed by atoms with van der Waals surface area (Å²) in [7, 11) is 0. The summed E-state index contributed by atoms with van der Waals surface area (Å²) in [5.41, 5.74) is 4.80. The molecule has 0 saturated heterocycles. The molecule has 37 heavy (non-hydrogen) atoms. The number of aromatic amines is 1. The highest BCUT2D eigenvalue weighted by Gasteiger charge is 2.17. The number of aromatic nitrogens is 5. The molecule has 9 nitrogen and oxygen atoms in total. The number of benzene rings is 1. The Morgan fingerprint density at radius 1 is 0.973 bits per heavy atom. The lowest BCUT2D eigenvalue weighted by Gasteiger charge is -2.12. The average molecular weight is 512 g/mol. The molecule has 4 aromatic heterocycles. The van der Waals surface area contributed by atoms with Gasteiger partial charge in [0.1, 0.15) is 11.0 Å². The van der Waals surface area contributed by atoms with Crippen LogP contribution in [-0.2, 0) is 6.54 Å². The molecule has 5 rings (SSSR count). The third kappa shape index (κ3) is 5.31. The second-order valence-corrected chi connectivity index (χ2v) is 8.86. The molecule has 0 radical (unpaired) electrons. The minimum atomic E-state index is -0.482. The van der Waals surface area contributed by atoms with Crippen LogP contribution in [0.25, 0.3) is 33.7 Å². The molecule has 0 aliphatic heterocycles. The molecule has 0 aliphatic carbocycles. The maximum absolute atomic E-state index is 13.4. The number of halogens is 1. The van der Waals surface area contributed by atoms with E-state index in [9.17, 15) is 9.59 Å². The first-order chi connectivity index (χ1) is 17.9. The second kappa shape index (κ2) is 10.2. The molecule has 5 aromatic rings. The van der Waals surface area contributed by atoms with Crippen molar-refractivity contribution < 1.29 is 4.79 Å². The van der Waals surface area contributed by atoms with Crippen LogP contribution in [0.2, 0.25) is 5.15 Å². The summed E-state index contributed by atoms with van der Waals surface area (Å²) in [6.45, 7) is 3.73. The van der Waals surface area contributed by atoms with Crippen LogP contribution >= 0.6 is 11.6 Å². The van der Waals surface area contributed by atoms with Crippen molar-refractivity contribution in [3.63, 3.8) is 0 Å². The highest BCUT2D eigenvalue weighted by atomic mass is 35.5. The van der Waals surface area contributed by atoms with E-state index in [1.807, 2.05) is 56.3 Å². The summed E-state index contributed by atoms with van der Waals surface area (Å²) in [6, 6.07) is 16.2. The normalized spacial score (nSPS) is 10.9. The SMILES string of the molecule is Cc1ccc(NC(=O)NCc2c[nH]c3nc(-c4ccccc4)c(-c4cc(C)nc(Cl)c4)nc3c2=O)nc1. The first kappa shape index (κ1) is 24.1. The molecule has 3 N–H and O–H groups in total. The molecule has 0 fully saturated rings. The molecule has 10 heteroatoms. The number of urea groups is 1. The van der Waals surface area contributed by atoms with Crippen LogP contribution in [0, 0.1) is 13.8 Å². The van der Waals surface area contributed by atoms with Gasteiger partial charge in [-0.25, -0.2) is 24.7 Å². The van der Waals surface area contributed by atoms with Gasteiger partial charge in [0.05, 0.1) is 11.4 Å². The number of nitrogens with one attached hydrogen (secondary N) is 3. The average Bonchev–Trinajstić information content (AvgIpc) is 2.89. The number of aryl methyl sites for hydroxylation is 2. The summed E-state index contributed by atoms with van der Waals surface area (Å²) < 4.78 is 0. The number of carbonyl (C=O) groups excluding carboxylic acids is 1. The monoisotopic (exact) mass is 511 g/mol. The molecule has 4 heterocycles. The van der Waals surface area contributed by atoms with Crippen molar-refractivity contribution in [2.24, 2.45) is 0 Å². The van der Waals surface area contributed by atoms with Crippen LogP contribution in [0.5, 0.6) is 0 Å². The van der Waals surface area contributed by atoms with E-state index in [1.165, 1.54) is 6.20 Å². The molecular formula is C27H22ClN7O2. The van der Waals surface area contributed by atoms with E-state index in [0.717, 1.165) is 11.1 Å². The number of nitrogens with zero attached hydrogens (tertiary/aromatic N) is 4. The fourth-order valence-corrected chi connectivity index (χ4v) is 4.09. The predicted octanol–water partition coefficient (Wildman–Crippen LogP) is 5.03. The molecular weight excluding hydrogens is 490 g/mol. The van der Waals surface area contributed by atoms with Crippen LogP contribution in [0.3, 0.4) is 0 Å². The number of carbonyl (C=O) groups is 1. The summed E-state index contributed by atoms with van der Waals surface area (Å²) in [4.78, 5) is 46.6. The number of anilines is 1. The quantitative estimate of drug-likeness (QED) is 0.284. The second-order valence-electron chi connectivity index (χ2n) is 8.48. The van der Waals surface area contributed by atoms with E-state index in [1.54, 1.807) is 18.3 Å². The number of H-pyrrole nitrogens is 1. The van der Waals surface area contributed by atoms with Gasteiger partial charge in [-0.3, -0.25) is 10.1 Å². The van der Waals surface area contributed by atoms with Gasteiger partial charge in [-0.1, -0.05) is 48.0 Å². The fraction of sp³-hybridized carbons (Fsp3) is 0.111. The number of fused-ring (bicyclic) bond motifs is 1. The lowest BCUT2D eigenvalue weighted by Crippen LogP contribution is -2.30. The van der Waals surface area contributed by atoms with E-state index in [0.29, 0.717) is 44.8 Å². The summed E-state index contributed by atoms with van der Waals surface area (Å²) in [5, 5.41) is 5.64. The van der Waals surface area contributed by atoms with Crippen LogP contribution in [-0.4, -0.2) is 31.0 Å². The van der Waals surface area contributed by atoms with Gasteiger partial charge in [-0.2, -0.15) is 0 Å². The number of amides is 2. The third-order valence-electron chi connectivity index (χ3n) is 5.62. The van der Waals surface area contributed by atoms with Crippen LogP contribution in [0.4, 0.5) is 10.6 Å². The Morgan fingerprint density at radius 2 is 1.76 bits per heavy atom. The van der Waals surface area contributed by atoms with Gasteiger partial charge >= 0.3 is 6.03 Å². The van der Waals surface area contributed by atoms with Gasteiger partial charge in [0.25, 0.3) is 0 Å². The van der Waals surface area contributed by atoms with Gasteiger partial charge in [-0.05, 0) is 37.6 Å². The van der Waals surface area contributed by atoms with Gasteiger partial charge in [0.2, 0.25) is 5.43 Å². The standard InChI is InChI=1S/C27H22ClN7O2/c1-15-8-9-21(29-12-15)33-27(37)31-14-19-13-30-26-24(25(19)36)34-23(18-10-16(2)32-20(28)11-18)22(35-26)17-6-4-3-5-7-17/h3-13H,14H2,1-2H3,(H,30,35,36)(H2,29,31,33,37). The van der Waals surface area contributed by atoms with Crippen LogP contribution < -0.4 is 16.1 Å². The molecule has 2 amide bonds. The van der Waals surface area contributed by atoms with Crippen molar-refractivity contribution in [3.8, 4) is 22.5 Å². The van der Waals surface area contributed by atoms with Gasteiger partial charge in [0.15, 0.2) is 11.2 Å². The molecule has 1 aromatic carbocycles. The maximum atomic E-state index is 13.4. The van der Waals surface area contributed by atoms with E-state index >= 15 is 0 Å². The molecule has 0 aliphatic rings. The van der Waals surface area contributed by atoms with E-state index in [4.69, 9.17) is 21.6 Å². The van der Waals surface area contributed by atoms with Crippen LogP contribution in [0.1, 0.15) is 16.8 Å². The number of pyridine rings is 3. The lowest BCUT2D eigenvalue weighted by atomic mass is 10.0. The number of hydrogen-bond donors (Lipinski definition) is 3. The zero-order chi connectivity index (χ0) is 25.9. The number of rotatable bonds is 5. The molecule has 0 saturated carbocycles. The van der Waals surface area contributed by atoms with Gasteiger partial charge in [-0.15, -0.1) is 0 Å². The van der Waals surface area contributed by atoms with E-state index in [-0.39, 0.29) is 17.5 Å². The minimum absolute atomic E-state index is 0.0133. The van der Waals surface area contributed by atoms with Crippen molar-refractivity contribution in [2.45, 2.75) is 20.4 Å². The number of hydrogen-bond acceptors (Lipinski definition) is 6. The van der Waals surface area contributed by atoms with Crippen molar-refractivity contribution in [1.82, 2.24) is 30.2 Å². The Hall–Kier alpha value is -4.63. The van der Waals surface area contributed by atoms with Crippen molar-refractivity contribution in [1.29, 1.82) is 0 Å². The summed E-state index contributed by atoms with van der Waals surface area (Å²) >= 11 is 6.23. The zero-order valence-corrected chi connectivity index (χ0v) is 20.8. The lowest BCUT2D eigenvalue weighted by molar-refractivity contribution is 0.251. The van der Waals surface area contributed by atoms with Crippen molar-refractivity contribution >= 4 is 34.6 Å². The summed E-state index contributed by atoms with van der Waals surface area (Å²) in [5.74, 6) is 0.408. The van der Waals surface area contributed by atoms with Crippen molar-refractivity contribution in [2.75, 3.05) is 5.32 Å². The Balaban J connectivity index is 1.51. The predicted molar refractivity (Wildman–Crippen MR) is 143 cm³/mol. The largest absolute Gasteiger partial charge is 0.344 e. The van der Waals surface area contributed by atoms with Gasteiger partial charge in [0, 0.05) is 41.3 Å². The van der Waals surface area contributed by atoms with E-state index in [2.05, 4.69) is 25.6 Å². The minimum Gasteiger partial charge on any atom is -0.344 e. The molecule has 0 bridgehead atoms. The molecule has 184 valence electrons. The highest BCUT2D eigenvalue weighted by Crippen LogP contribution is 2.31. The Bertz CT molecular complexity index is 1650. The highest BCUT2D eigenvalue weighted by molar-refractivity contribution is 6.29. The molecule has 0 unspecified atom stereocenters. The van der Waals surface area contributed by atoms with Gasteiger partial charge < -0.3 is 10.3 Å². The Morgan fingerprint density at radius 3 is 2.49 bits per heavy atom. The third-order valence-corrected chi connectivity index (χ3v) is 5.81. The van der Waals surface area contributed by atoms with Crippen LogP contribution in [0.15, 0.2) is 71.8 Å². The topological polar surface area (TPSA) is 126 Å². The van der Waals surface area contributed by atoms with Crippen molar-refractivity contribution in [3.05, 3.63) is 99.2 Å². The maximum Gasteiger partial charge on any atom is 0.320 e. The first-order valence-corrected chi connectivity index (χ1v) is 11.8. The smallest absolute Gasteiger partial charge is 0.320 e. The Kier molecular flexibility index (Phi) is 6.61. The summed E-state index contributed by atoms with van der Waals surface area (Å²) in [6.07, 6.45) is 3.19. The fourth-order valence-electron chi connectivity index (χ4n) is 3.84. The first-order valence-electron chi connectivity index (χ1n) is 11.5. The molecule has 0 spiro atoms. The van der Waals surface area contributed by atoms with E-state index < -0.39 is 6.03 Å². The molecule has 0 atom stereocenters.